The maximum absolute atomic E-state index is 5.90. The lowest BCUT2D eigenvalue weighted by Gasteiger charge is -2.01. The summed E-state index contributed by atoms with van der Waals surface area (Å²) in [6.45, 7) is 0. The van der Waals surface area contributed by atoms with Gasteiger partial charge in [0.25, 0.3) is 0 Å². The van der Waals surface area contributed by atoms with Crippen molar-refractivity contribution in [2.24, 2.45) is 7.05 Å². The third-order valence-electron chi connectivity index (χ3n) is 1.54. The highest BCUT2D eigenvalue weighted by Crippen LogP contribution is 2.29. The number of nitrogens with zero attached hydrogens (tertiary/aromatic N) is 5. The number of hydrogen-bond donors (Lipinski definition) is 0. The topological polar surface area (TPSA) is 56.5 Å². The molecule has 0 aliphatic carbocycles. The van der Waals surface area contributed by atoms with Gasteiger partial charge in [-0.15, -0.1) is 0 Å². The number of aromatic nitrogens is 5. The molecule has 0 spiro atoms. The highest BCUT2D eigenvalue weighted by atomic mass is 35.5. The molecule has 0 saturated heterocycles. The molecular weight excluding hydrogens is 257 g/mol. The van der Waals surface area contributed by atoms with Gasteiger partial charge in [0.05, 0.1) is 11.2 Å². The first-order valence-electron chi connectivity index (χ1n) is 3.86. The Kier molecular flexibility index (Phi) is 3.08. The van der Waals surface area contributed by atoms with E-state index >= 15 is 0 Å². The molecule has 0 radical (unpaired) electrons. The summed E-state index contributed by atoms with van der Waals surface area (Å²) in [5, 5.41) is 5.77. The molecule has 0 fully saturated rings. The van der Waals surface area contributed by atoms with Gasteiger partial charge in [-0.25, -0.2) is 19.6 Å². The van der Waals surface area contributed by atoms with Gasteiger partial charge in [0.1, 0.15) is 11.4 Å². The highest BCUT2D eigenvalue weighted by Gasteiger charge is 2.09. The molecule has 2 aromatic rings. The monoisotopic (exact) mass is 261 g/mol. The standard InChI is InChI=1S/C7H5Cl2N5S/c1-14-7(11-3-12-14)15-5-4(8)2-10-6(9)13-5/h2-3H,1H3. The molecule has 0 aliphatic rings. The van der Waals surface area contributed by atoms with Crippen LogP contribution in [0.3, 0.4) is 0 Å². The van der Waals surface area contributed by atoms with Gasteiger partial charge >= 0.3 is 0 Å². The molecule has 15 heavy (non-hydrogen) atoms. The minimum Gasteiger partial charge on any atom is -0.244 e. The minimum absolute atomic E-state index is 0.157. The predicted molar refractivity (Wildman–Crippen MR) is 57.2 cm³/mol. The van der Waals surface area contributed by atoms with Crippen LogP contribution in [0.5, 0.6) is 0 Å². The smallest absolute Gasteiger partial charge is 0.223 e. The minimum atomic E-state index is 0.157. The van der Waals surface area contributed by atoms with Crippen molar-refractivity contribution in [2.45, 2.75) is 10.2 Å². The van der Waals surface area contributed by atoms with Gasteiger partial charge in [-0.2, -0.15) is 5.10 Å². The fourth-order valence-electron chi connectivity index (χ4n) is 0.867. The molecule has 78 valence electrons. The van der Waals surface area contributed by atoms with Crippen molar-refractivity contribution in [3.8, 4) is 0 Å². The second kappa shape index (κ2) is 4.34. The van der Waals surface area contributed by atoms with Crippen molar-refractivity contribution in [3.05, 3.63) is 22.8 Å². The Morgan fingerprint density at radius 3 is 2.80 bits per heavy atom. The third kappa shape index (κ3) is 2.39. The van der Waals surface area contributed by atoms with Gasteiger partial charge in [0, 0.05) is 7.05 Å². The van der Waals surface area contributed by atoms with Crippen LogP contribution in [-0.2, 0) is 7.05 Å². The molecule has 0 N–H and O–H groups in total. The first-order chi connectivity index (χ1) is 7.16. The number of rotatable bonds is 2. The summed E-state index contributed by atoms with van der Waals surface area (Å²) in [7, 11) is 1.78. The van der Waals surface area contributed by atoms with E-state index in [0.29, 0.717) is 15.2 Å². The predicted octanol–water partition coefficient (Wildman–Crippen LogP) is 2.06. The zero-order valence-electron chi connectivity index (χ0n) is 7.55. The lowest BCUT2D eigenvalue weighted by Crippen LogP contribution is -1.94. The fraction of sp³-hybridized carbons (Fsp3) is 0.143. The Morgan fingerprint density at radius 2 is 2.13 bits per heavy atom. The van der Waals surface area contributed by atoms with Crippen LogP contribution in [0.1, 0.15) is 0 Å². The molecular formula is C7H5Cl2N5S. The SMILES string of the molecule is Cn1ncnc1Sc1nc(Cl)ncc1Cl. The van der Waals surface area contributed by atoms with E-state index in [9.17, 15) is 0 Å². The summed E-state index contributed by atoms with van der Waals surface area (Å²) < 4.78 is 1.62. The lowest BCUT2D eigenvalue weighted by atomic mass is 10.7. The second-order valence-electron chi connectivity index (χ2n) is 2.56. The van der Waals surface area contributed by atoms with Crippen molar-refractivity contribution in [1.82, 2.24) is 24.7 Å². The maximum Gasteiger partial charge on any atom is 0.223 e. The third-order valence-corrected chi connectivity index (χ3v) is 3.17. The molecule has 8 heteroatoms. The molecule has 5 nitrogen and oxygen atoms in total. The second-order valence-corrected chi connectivity index (χ2v) is 4.26. The van der Waals surface area contributed by atoms with Crippen LogP contribution in [0, 0.1) is 0 Å². The quantitative estimate of drug-likeness (QED) is 0.612. The van der Waals surface area contributed by atoms with E-state index in [4.69, 9.17) is 23.2 Å². The van der Waals surface area contributed by atoms with Gasteiger partial charge in [-0.1, -0.05) is 11.6 Å². The molecule has 0 atom stereocenters. The Bertz CT molecular complexity index is 486. The molecule has 2 aromatic heterocycles. The van der Waals surface area contributed by atoms with Gasteiger partial charge in [-0.3, -0.25) is 0 Å². The van der Waals surface area contributed by atoms with Crippen molar-refractivity contribution in [3.63, 3.8) is 0 Å². The van der Waals surface area contributed by atoms with Crippen LogP contribution in [-0.4, -0.2) is 24.7 Å². The Labute approximate surface area is 99.8 Å². The van der Waals surface area contributed by atoms with Crippen LogP contribution in [0.2, 0.25) is 10.3 Å². The molecule has 0 unspecified atom stereocenters. The zero-order valence-corrected chi connectivity index (χ0v) is 9.88. The average molecular weight is 262 g/mol. The first kappa shape index (κ1) is 10.7. The van der Waals surface area contributed by atoms with Crippen LogP contribution < -0.4 is 0 Å². The lowest BCUT2D eigenvalue weighted by molar-refractivity contribution is 0.684. The highest BCUT2D eigenvalue weighted by molar-refractivity contribution is 7.99. The maximum atomic E-state index is 5.90. The van der Waals surface area contributed by atoms with Gasteiger partial charge in [-0.05, 0) is 23.4 Å². The Hall–Kier alpha value is -0.850. The average Bonchev–Trinajstić information content (AvgIpc) is 2.58. The van der Waals surface area contributed by atoms with E-state index in [1.54, 1.807) is 11.7 Å². The summed E-state index contributed by atoms with van der Waals surface area (Å²) in [5.74, 6) is 0. The molecule has 0 bridgehead atoms. The fourth-order valence-corrected chi connectivity index (χ4v) is 1.99. The summed E-state index contributed by atoms with van der Waals surface area (Å²) in [5.41, 5.74) is 0. The molecule has 0 aromatic carbocycles. The van der Waals surface area contributed by atoms with Gasteiger partial charge in [0.2, 0.25) is 5.28 Å². The van der Waals surface area contributed by atoms with Crippen molar-refractivity contribution in [2.75, 3.05) is 0 Å². The number of hydrogen-bond acceptors (Lipinski definition) is 5. The Balaban J connectivity index is 2.32. The summed E-state index contributed by atoms with van der Waals surface area (Å²) in [4.78, 5) is 11.8. The molecule has 0 amide bonds. The van der Waals surface area contributed by atoms with E-state index in [0.717, 1.165) is 0 Å². The zero-order chi connectivity index (χ0) is 10.8. The van der Waals surface area contributed by atoms with Crippen molar-refractivity contribution in [1.29, 1.82) is 0 Å². The Morgan fingerprint density at radius 1 is 1.33 bits per heavy atom. The largest absolute Gasteiger partial charge is 0.244 e. The van der Waals surface area contributed by atoms with Crippen molar-refractivity contribution >= 4 is 35.0 Å². The normalized spacial score (nSPS) is 10.6. The molecule has 2 rings (SSSR count). The van der Waals surface area contributed by atoms with Crippen LogP contribution in [0.25, 0.3) is 0 Å². The summed E-state index contributed by atoms with van der Waals surface area (Å²) in [6, 6.07) is 0. The van der Waals surface area contributed by atoms with E-state index < -0.39 is 0 Å². The molecule has 0 aliphatic heterocycles. The van der Waals surface area contributed by atoms with Crippen molar-refractivity contribution < 1.29 is 0 Å². The van der Waals surface area contributed by atoms with E-state index in [1.165, 1.54) is 24.3 Å². The van der Waals surface area contributed by atoms with E-state index in [2.05, 4.69) is 20.1 Å². The summed E-state index contributed by atoms with van der Waals surface area (Å²) >= 11 is 12.8. The first-order valence-corrected chi connectivity index (χ1v) is 5.44. The number of aryl methyl sites for hydroxylation is 1. The summed E-state index contributed by atoms with van der Waals surface area (Å²) in [6.07, 6.45) is 2.91. The van der Waals surface area contributed by atoms with Gasteiger partial charge in [0.15, 0.2) is 5.16 Å². The van der Waals surface area contributed by atoms with Crippen LogP contribution >= 0.6 is 35.0 Å². The van der Waals surface area contributed by atoms with Gasteiger partial charge < -0.3 is 0 Å². The van der Waals surface area contributed by atoms with Crippen LogP contribution in [0.15, 0.2) is 22.7 Å². The molecule has 2 heterocycles. The van der Waals surface area contributed by atoms with E-state index in [-0.39, 0.29) is 5.28 Å². The number of halogens is 2. The van der Waals surface area contributed by atoms with Crippen LogP contribution in [0.4, 0.5) is 0 Å². The van der Waals surface area contributed by atoms with E-state index in [1.807, 2.05) is 0 Å². The molecule has 0 saturated carbocycles.